The van der Waals surface area contributed by atoms with Crippen LogP contribution in [-0.2, 0) is 12.5 Å². The first-order valence-electron chi connectivity index (χ1n) is 12.7. The summed E-state index contributed by atoms with van der Waals surface area (Å²) in [5.41, 5.74) is 11.8. The van der Waals surface area contributed by atoms with Crippen LogP contribution in [0, 0.1) is 0 Å². The Bertz CT molecular complexity index is 2020. The maximum Gasteiger partial charge on any atom is 0.0641 e. The summed E-state index contributed by atoms with van der Waals surface area (Å²) in [6.07, 6.45) is 0. The second-order valence-electron chi connectivity index (χ2n) is 10.7. The Morgan fingerprint density at radius 1 is 0.556 bits per heavy atom. The fraction of sp³-hybridized carbons (Fsp3) is 0.118. The Morgan fingerprint density at radius 3 is 2.11 bits per heavy atom. The molecule has 2 heterocycles. The highest BCUT2D eigenvalue weighted by molar-refractivity contribution is 6.27. The first-order valence-corrected chi connectivity index (χ1v) is 12.7. The highest BCUT2D eigenvalue weighted by Crippen LogP contribution is 2.53. The number of rotatable bonds is 1. The zero-order valence-electron chi connectivity index (χ0n) is 20.7. The third kappa shape index (κ3) is 2.27. The molecule has 7 aromatic rings. The molecular formula is C34H26N2. The van der Waals surface area contributed by atoms with Crippen molar-refractivity contribution < 1.29 is 0 Å². The Hall–Kier alpha value is -4.30. The predicted octanol–water partition coefficient (Wildman–Crippen LogP) is 8.73. The Labute approximate surface area is 210 Å². The molecule has 8 rings (SSSR count). The lowest BCUT2D eigenvalue weighted by Gasteiger charge is -2.22. The van der Waals surface area contributed by atoms with Crippen molar-refractivity contribution in [1.82, 2.24) is 9.13 Å². The normalized spacial score (nSPS) is 14.2. The van der Waals surface area contributed by atoms with Gasteiger partial charge in [-0.05, 0) is 52.6 Å². The maximum atomic E-state index is 2.47. The zero-order valence-corrected chi connectivity index (χ0v) is 20.7. The maximum absolute atomic E-state index is 2.47. The quantitative estimate of drug-likeness (QED) is 0.231. The van der Waals surface area contributed by atoms with Crippen LogP contribution in [0.3, 0.4) is 0 Å². The average Bonchev–Trinajstić information content (AvgIpc) is 3.49. The van der Waals surface area contributed by atoms with Crippen LogP contribution in [-0.4, -0.2) is 9.13 Å². The lowest BCUT2D eigenvalue weighted by Crippen LogP contribution is -2.15. The van der Waals surface area contributed by atoms with Gasteiger partial charge in [0, 0.05) is 45.2 Å². The average molecular weight is 463 g/mol. The van der Waals surface area contributed by atoms with Crippen LogP contribution in [0.15, 0.2) is 103 Å². The van der Waals surface area contributed by atoms with Crippen LogP contribution in [0.4, 0.5) is 0 Å². The van der Waals surface area contributed by atoms with Crippen molar-refractivity contribution in [2.75, 3.05) is 0 Å². The summed E-state index contributed by atoms with van der Waals surface area (Å²) in [5, 5.41) is 5.34. The Balaban J connectivity index is 1.67. The number of nitrogens with zero attached hydrogens (tertiary/aromatic N) is 2. The summed E-state index contributed by atoms with van der Waals surface area (Å²) in [6, 6.07) is 37.9. The first-order chi connectivity index (χ1) is 17.6. The van der Waals surface area contributed by atoms with E-state index in [1.54, 1.807) is 0 Å². The molecule has 172 valence electrons. The summed E-state index contributed by atoms with van der Waals surface area (Å²) in [4.78, 5) is 0. The summed E-state index contributed by atoms with van der Waals surface area (Å²) in [6.45, 7) is 4.78. The molecule has 0 saturated heterocycles. The number of aromatic nitrogens is 2. The molecule has 0 saturated carbocycles. The van der Waals surface area contributed by atoms with Gasteiger partial charge in [-0.2, -0.15) is 0 Å². The molecule has 0 N–H and O–H groups in total. The van der Waals surface area contributed by atoms with Crippen LogP contribution in [0.1, 0.15) is 25.0 Å². The first kappa shape index (κ1) is 19.9. The molecule has 0 spiro atoms. The van der Waals surface area contributed by atoms with Gasteiger partial charge >= 0.3 is 0 Å². The van der Waals surface area contributed by atoms with Gasteiger partial charge in [-0.15, -0.1) is 0 Å². The van der Waals surface area contributed by atoms with Crippen LogP contribution < -0.4 is 0 Å². The molecule has 2 heteroatoms. The molecule has 5 aromatic carbocycles. The summed E-state index contributed by atoms with van der Waals surface area (Å²) in [7, 11) is 2.22. The van der Waals surface area contributed by atoms with Gasteiger partial charge in [-0.25, -0.2) is 0 Å². The lowest BCUT2D eigenvalue weighted by molar-refractivity contribution is 0.666. The molecule has 2 aromatic heterocycles. The SMILES string of the molecule is Cn1c2ccc3c(c2c2c1ccc1c4ccccc4n(-c4ccccc4)c12)C(C)(C)c1ccccc1-3. The lowest BCUT2D eigenvalue weighted by atomic mass is 9.80. The molecule has 0 amide bonds. The molecule has 0 aliphatic heterocycles. The largest absolute Gasteiger partial charge is 0.344 e. The predicted molar refractivity (Wildman–Crippen MR) is 152 cm³/mol. The number of benzene rings is 5. The number of hydrogen-bond acceptors (Lipinski definition) is 0. The zero-order chi connectivity index (χ0) is 24.2. The third-order valence-electron chi connectivity index (χ3n) is 8.50. The smallest absolute Gasteiger partial charge is 0.0641 e. The molecule has 2 nitrogen and oxygen atoms in total. The van der Waals surface area contributed by atoms with E-state index in [9.17, 15) is 0 Å². The molecule has 36 heavy (non-hydrogen) atoms. The van der Waals surface area contributed by atoms with E-state index < -0.39 is 0 Å². The van der Waals surface area contributed by atoms with E-state index in [1.165, 1.54) is 71.6 Å². The molecule has 0 radical (unpaired) electrons. The standard InChI is InChI=1S/C34H26N2/c1-34(2)26-15-9-7-13-22(26)24-17-19-28-30(32(24)34)31-29(35(28)3)20-18-25-23-14-8-10-16-27(23)36(33(25)31)21-11-5-4-6-12-21/h4-20H,1-3H3. The monoisotopic (exact) mass is 462 g/mol. The van der Waals surface area contributed by atoms with Gasteiger partial charge in [0.2, 0.25) is 0 Å². The van der Waals surface area contributed by atoms with Gasteiger partial charge in [0.25, 0.3) is 0 Å². The number of hydrogen-bond donors (Lipinski definition) is 0. The van der Waals surface area contributed by atoms with Gasteiger partial charge in [0.1, 0.15) is 0 Å². The minimum Gasteiger partial charge on any atom is -0.344 e. The van der Waals surface area contributed by atoms with Crippen molar-refractivity contribution in [2.24, 2.45) is 7.05 Å². The van der Waals surface area contributed by atoms with Crippen molar-refractivity contribution >= 4 is 43.6 Å². The second-order valence-corrected chi connectivity index (χ2v) is 10.7. The molecule has 0 fully saturated rings. The van der Waals surface area contributed by atoms with Crippen LogP contribution >= 0.6 is 0 Å². The summed E-state index contributed by atoms with van der Waals surface area (Å²) < 4.78 is 4.86. The minimum atomic E-state index is -0.0779. The topological polar surface area (TPSA) is 9.86 Å². The van der Waals surface area contributed by atoms with Crippen molar-refractivity contribution in [1.29, 1.82) is 0 Å². The number of aryl methyl sites for hydroxylation is 1. The van der Waals surface area contributed by atoms with Gasteiger partial charge in [0.15, 0.2) is 0 Å². The van der Waals surface area contributed by atoms with E-state index >= 15 is 0 Å². The second kappa shape index (κ2) is 6.67. The highest BCUT2D eigenvalue weighted by Gasteiger charge is 2.38. The van der Waals surface area contributed by atoms with E-state index in [4.69, 9.17) is 0 Å². The Morgan fingerprint density at radius 2 is 1.25 bits per heavy atom. The minimum absolute atomic E-state index is 0.0779. The Kier molecular flexibility index (Phi) is 3.70. The van der Waals surface area contributed by atoms with E-state index in [0.717, 1.165) is 0 Å². The van der Waals surface area contributed by atoms with Crippen LogP contribution in [0.25, 0.3) is 60.4 Å². The molecular weight excluding hydrogens is 436 g/mol. The highest BCUT2D eigenvalue weighted by atomic mass is 15.0. The van der Waals surface area contributed by atoms with E-state index in [1.807, 2.05) is 0 Å². The van der Waals surface area contributed by atoms with Gasteiger partial charge < -0.3 is 9.13 Å². The fourth-order valence-electron chi connectivity index (χ4n) is 6.94. The van der Waals surface area contributed by atoms with Gasteiger partial charge in [-0.1, -0.05) is 86.6 Å². The summed E-state index contributed by atoms with van der Waals surface area (Å²) in [5.74, 6) is 0. The van der Waals surface area contributed by atoms with Crippen molar-refractivity contribution in [3.05, 3.63) is 114 Å². The summed E-state index contributed by atoms with van der Waals surface area (Å²) >= 11 is 0. The van der Waals surface area contributed by atoms with Gasteiger partial charge in [0.05, 0.1) is 16.6 Å². The molecule has 0 bridgehead atoms. The number of para-hydroxylation sites is 2. The van der Waals surface area contributed by atoms with Crippen molar-refractivity contribution in [2.45, 2.75) is 19.3 Å². The van der Waals surface area contributed by atoms with Crippen LogP contribution in [0.5, 0.6) is 0 Å². The number of fused-ring (bicyclic) bond motifs is 11. The molecule has 0 atom stereocenters. The van der Waals surface area contributed by atoms with Crippen molar-refractivity contribution in [3.8, 4) is 16.8 Å². The van der Waals surface area contributed by atoms with E-state index in [0.29, 0.717) is 0 Å². The van der Waals surface area contributed by atoms with Crippen molar-refractivity contribution in [3.63, 3.8) is 0 Å². The third-order valence-corrected chi connectivity index (χ3v) is 8.50. The molecule has 0 unspecified atom stereocenters. The van der Waals surface area contributed by atoms with E-state index in [2.05, 4.69) is 133 Å². The molecule has 1 aliphatic carbocycles. The molecule has 1 aliphatic rings. The van der Waals surface area contributed by atoms with Crippen LogP contribution in [0.2, 0.25) is 0 Å². The van der Waals surface area contributed by atoms with E-state index in [-0.39, 0.29) is 5.41 Å². The fourth-order valence-corrected chi connectivity index (χ4v) is 6.94. The van der Waals surface area contributed by atoms with Gasteiger partial charge in [-0.3, -0.25) is 0 Å².